The van der Waals surface area contributed by atoms with Gasteiger partial charge >= 0.3 is 6.09 Å². The van der Waals surface area contributed by atoms with E-state index in [-0.39, 0.29) is 12.1 Å². The summed E-state index contributed by atoms with van der Waals surface area (Å²) in [6, 6.07) is 0.877. The molecule has 0 aromatic heterocycles. The minimum Gasteiger partial charge on any atom is -0.453 e. The van der Waals surface area contributed by atoms with Crippen molar-refractivity contribution in [3.05, 3.63) is 0 Å². The van der Waals surface area contributed by atoms with Gasteiger partial charge in [0.05, 0.1) is 25.8 Å². The maximum atomic E-state index is 11.7. The number of nitrogens with zero attached hydrogens (tertiary/aromatic N) is 2. The molecule has 2 atom stereocenters. The molecule has 1 unspecified atom stereocenters. The Morgan fingerprint density at radius 3 is 2.39 bits per heavy atom. The fourth-order valence-corrected chi connectivity index (χ4v) is 2.67. The Bertz CT molecular complexity index is 273. The highest BCUT2D eigenvalue weighted by Crippen LogP contribution is 2.21. The third-order valence-electron chi connectivity index (χ3n) is 3.55. The largest absolute Gasteiger partial charge is 0.453 e. The van der Waals surface area contributed by atoms with E-state index in [1.807, 2.05) is 0 Å². The lowest BCUT2D eigenvalue weighted by Gasteiger charge is -2.35. The smallest absolute Gasteiger partial charge is 0.409 e. The molecule has 0 aromatic rings. The van der Waals surface area contributed by atoms with Crippen LogP contribution in [0.5, 0.6) is 0 Å². The first-order valence-corrected chi connectivity index (χ1v) is 6.65. The predicted molar refractivity (Wildman–Crippen MR) is 70.5 cm³/mol. The molecule has 18 heavy (non-hydrogen) atoms. The zero-order chi connectivity index (χ0) is 13.9. The first-order valence-electron chi connectivity index (χ1n) is 6.65. The number of likely N-dealkylation sites (tertiary alicyclic amines) is 1. The number of rotatable bonds is 4. The summed E-state index contributed by atoms with van der Waals surface area (Å²) in [5.74, 6) is 0. The lowest BCUT2D eigenvalue weighted by Crippen LogP contribution is -2.47. The van der Waals surface area contributed by atoms with Crippen molar-refractivity contribution in [1.82, 2.24) is 9.80 Å². The minimum absolute atomic E-state index is 0.0391. The summed E-state index contributed by atoms with van der Waals surface area (Å²) in [6.07, 6.45) is -0.148. The molecule has 1 rings (SSSR count). The molecule has 0 radical (unpaired) electrons. The quantitative estimate of drug-likeness (QED) is 0.826. The van der Waals surface area contributed by atoms with E-state index < -0.39 is 6.10 Å². The lowest BCUT2D eigenvalue weighted by molar-refractivity contribution is 0.0904. The average Bonchev–Trinajstić information content (AvgIpc) is 2.65. The zero-order valence-corrected chi connectivity index (χ0v) is 12.1. The predicted octanol–water partition coefficient (Wildman–Crippen LogP) is 1.31. The first-order chi connectivity index (χ1) is 8.36. The number of ether oxygens (including phenoxy) is 1. The number of carbonyl (C=O) groups excluding carboxylic acids is 1. The minimum atomic E-state index is -0.435. The third kappa shape index (κ3) is 3.59. The highest BCUT2D eigenvalue weighted by atomic mass is 16.5. The van der Waals surface area contributed by atoms with Gasteiger partial charge in [-0.3, -0.25) is 4.90 Å². The number of hydrogen-bond donors (Lipinski definition) is 1. The molecule has 1 saturated heterocycles. The van der Waals surface area contributed by atoms with Crippen molar-refractivity contribution in [1.29, 1.82) is 0 Å². The molecule has 1 aliphatic heterocycles. The molecule has 0 aromatic carbocycles. The van der Waals surface area contributed by atoms with E-state index >= 15 is 0 Å². The Morgan fingerprint density at radius 1 is 1.39 bits per heavy atom. The molecule has 1 N–H and O–H groups in total. The molecular formula is C13H26N2O3. The highest BCUT2D eigenvalue weighted by molar-refractivity contribution is 5.68. The van der Waals surface area contributed by atoms with Crippen LogP contribution < -0.4 is 0 Å². The summed E-state index contributed by atoms with van der Waals surface area (Å²) in [4.78, 5) is 15.6. The van der Waals surface area contributed by atoms with Crippen molar-refractivity contribution in [3.8, 4) is 0 Å². The summed E-state index contributed by atoms with van der Waals surface area (Å²) in [6.45, 7) is 9.74. The summed E-state index contributed by atoms with van der Waals surface area (Å²) in [5, 5.41) is 9.74. The van der Waals surface area contributed by atoms with Gasteiger partial charge in [-0.25, -0.2) is 4.79 Å². The number of β-amino-alcohol motifs (C(OH)–C–C–N with tert-alkyl or cyclic N) is 1. The average molecular weight is 258 g/mol. The fourth-order valence-electron chi connectivity index (χ4n) is 2.67. The molecule has 0 spiro atoms. The van der Waals surface area contributed by atoms with Crippen LogP contribution in [0, 0.1) is 0 Å². The van der Waals surface area contributed by atoms with E-state index in [1.54, 1.807) is 4.90 Å². The van der Waals surface area contributed by atoms with Crippen LogP contribution in [0.25, 0.3) is 0 Å². The maximum Gasteiger partial charge on any atom is 0.409 e. The SMILES string of the molecule is COC(=O)N1C[C@H](O)CC1CN(C(C)C)C(C)C. The molecule has 1 fully saturated rings. The molecule has 106 valence electrons. The second-order valence-corrected chi connectivity index (χ2v) is 5.55. The van der Waals surface area contributed by atoms with Gasteiger partial charge in [-0.1, -0.05) is 0 Å². The van der Waals surface area contributed by atoms with Crippen LogP contribution in [0.1, 0.15) is 34.1 Å². The Hall–Kier alpha value is -0.810. The number of aliphatic hydroxyl groups is 1. The van der Waals surface area contributed by atoms with Gasteiger partial charge in [0.25, 0.3) is 0 Å². The van der Waals surface area contributed by atoms with Crippen LogP contribution >= 0.6 is 0 Å². The van der Waals surface area contributed by atoms with Crippen molar-refractivity contribution >= 4 is 6.09 Å². The van der Waals surface area contributed by atoms with Gasteiger partial charge in [-0.05, 0) is 34.1 Å². The van der Waals surface area contributed by atoms with Gasteiger partial charge in [0, 0.05) is 18.6 Å². The van der Waals surface area contributed by atoms with E-state index in [4.69, 9.17) is 4.74 Å². The number of amides is 1. The number of carbonyl (C=O) groups is 1. The highest BCUT2D eigenvalue weighted by Gasteiger charge is 2.36. The molecule has 0 aliphatic carbocycles. The topological polar surface area (TPSA) is 53.0 Å². The molecule has 1 heterocycles. The normalized spacial score (nSPS) is 24.4. The van der Waals surface area contributed by atoms with Crippen LogP contribution in [0.3, 0.4) is 0 Å². The van der Waals surface area contributed by atoms with E-state index in [0.717, 1.165) is 6.54 Å². The number of methoxy groups -OCH3 is 1. The van der Waals surface area contributed by atoms with Crippen molar-refractivity contribution in [2.45, 2.75) is 58.3 Å². The molecule has 5 heteroatoms. The molecule has 5 nitrogen and oxygen atoms in total. The Labute approximate surface area is 110 Å². The maximum absolute atomic E-state index is 11.7. The van der Waals surface area contributed by atoms with Crippen LogP contribution in [0.4, 0.5) is 4.79 Å². The van der Waals surface area contributed by atoms with Crippen LogP contribution in [0.15, 0.2) is 0 Å². The van der Waals surface area contributed by atoms with E-state index in [1.165, 1.54) is 7.11 Å². The lowest BCUT2D eigenvalue weighted by atomic mass is 10.1. The van der Waals surface area contributed by atoms with Gasteiger partial charge in [-0.2, -0.15) is 0 Å². The molecular weight excluding hydrogens is 232 g/mol. The molecule has 0 saturated carbocycles. The Kier molecular flexibility index (Phi) is 5.41. The first kappa shape index (κ1) is 15.2. The Morgan fingerprint density at radius 2 is 1.94 bits per heavy atom. The fraction of sp³-hybridized carbons (Fsp3) is 0.923. The third-order valence-corrected chi connectivity index (χ3v) is 3.55. The molecule has 0 bridgehead atoms. The Balaban J connectivity index is 2.71. The second kappa shape index (κ2) is 6.38. The number of hydrogen-bond acceptors (Lipinski definition) is 4. The summed E-state index contributed by atoms with van der Waals surface area (Å²) in [5.41, 5.74) is 0. The van der Waals surface area contributed by atoms with Crippen molar-refractivity contribution in [3.63, 3.8) is 0 Å². The summed E-state index contributed by atoms with van der Waals surface area (Å²) in [7, 11) is 1.38. The standard InChI is InChI=1S/C13H26N2O3/c1-9(2)14(10(3)4)7-11-6-12(16)8-15(11)13(17)18-5/h9-12,16H,6-8H2,1-5H3/t11?,12-/m1/s1. The van der Waals surface area contributed by atoms with Crippen LogP contribution in [-0.2, 0) is 4.74 Å². The van der Waals surface area contributed by atoms with Gasteiger partial charge in [0.2, 0.25) is 0 Å². The summed E-state index contributed by atoms with van der Waals surface area (Å²) >= 11 is 0. The van der Waals surface area contributed by atoms with E-state index in [0.29, 0.717) is 25.0 Å². The van der Waals surface area contributed by atoms with Crippen LogP contribution in [-0.4, -0.2) is 65.4 Å². The van der Waals surface area contributed by atoms with Crippen molar-refractivity contribution in [2.75, 3.05) is 20.2 Å². The van der Waals surface area contributed by atoms with Gasteiger partial charge in [0.1, 0.15) is 0 Å². The van der Waals surface area contributed by atoms with Gasteiger partial charge in [0.15, 0.2) is 0 Å². The number of aliphatic hydroxyl groups excluding tert-OH is 1. The molecule has 1 aliphatic rings. The van der Waals surface area contributed by atoms with Gasteiger partial charge < -0.3 is 14.7 Å². The van der Waals surface area contributed by atoms with Crippen molar-refractivity contribution < 1.29 is 14.6 Å². The zero-order valence-electron chi connectivity index (χ0n) is 12.1. The van der Waals surface area contributed by atoms with Crippen molar-refractivity contribution in [2.24, 2.45) is 0 Å². The van der Waals surface area contributed by atoms with Crippen LogP contribution in [0.2, 0.25) is 0 Å². The van der Waals surface area contributed by atoms with E-state index in [9.17, 15) is 9.90 Å². The molecule has 1 amide bonds. The summed E-state index contributed by atoms with van der Waals surface area (Å²) < 4.78 is 4.77. The second-order valence-electron chi connectivity index (χ2n) is 5.55. The van der Waals surface area contributed by atoms with E-state index in [2.05, 4.69) is 32.6 Å². The van der Waals surface area contributed by atoms with Gasteiger partial charge in [-0.15, -0.1) is 0 Å². The monoisotopic (exact) mass is 258 g/mol.